The molecular weight excluding hydrogens is 276 g/mol. The number of hydrogen-bond donors (Lipinski definition) is 2. The molecule has 0 atom stereocenters. The molecule has 16 heavy (non-hydrogen) atoms. The molecule has 0 radical (unpaired) electrons. The number of pyridine rings is 1. The quantitative estimate of drug-likeness (QED) is 0.887. The molecular formula is C9H7BrN4O2. The third-order valence-electron chi connectivity index (χ3n) is 1.64. The van der Waals surface area contributed by atoms with Crippen LogP contribution < -0.4 is 10.6 Å². The van der Waals surface area contributed by atoms with E-state index in [1.807, 2.05) is 0 Å². The van der Waals surface area contributed by atoms with Gasteiger partial charge in [-0.3, -0.25) is 10.6 Å². The van der Waals surface area contributed by atoms with Gasteiger partial charge in [0, 0.05) is 16.7 Å². The Morgan fingerprint density at radius 1 is 1.31 bits per heavy atom. The van der Waals surface area contributed by atoms with Crippen LogP contribution in [-0.4, -0.2) is 16.2 Å². The number of amides is 2. The molecule has 7 heteroatoms. The van der Waals surface area contributed by atoms with Crippen molar-refractivity contribution in [2.45, 2.75) is 0 Å². The molecule has 0 fully saturated rings. The van der Waals surface area contributed by atoms with E-state index >= 15 is 0 Å². The highest BCUT2D eigenvalue weighted by Crippen LogP contribution is 2.13. The molecule has 0 unspecified atom stereocenters. The molecule has 0 saturated heterocycles. The van der Waals surface area contributed by atoms with Crippen molar-refractivity contribution in [3.05, 3.63) is 35.1 Å². The van der Waals surface area contributed by atoms with Gasteiger partial charge in [-0.1, -0.05) is 21.1 Å². The van der Waals surface area contributed by atoms with Crippen LogP contribution in [0.15, 0.2) is 39.6 Å². The third kappa shape index (κ3) is 2.80. The SMILES string of the molecule is O=C(Nc1cc(Br)ccn1)Nc1ccno1. The Labute approximate surface area is 99.2 Å². The van der Waals surface area contributed by atoms with Gasteiger partial charge in [-0.2, -0.15) is 0 Å². The average Bonchev–Trinajstić information content (AvgIpc) is 2.70. The van der Waals surface area contributed by atoms with Gasteiger partial charge in [0.05, 0.1) is 6.20 Å². The Morgan fingerprint density at radius 3 is 2.88 bits per heavy atom. The Kier molecular flexibility index (Phi) is 3.16. The molecule has 0 saturated carbocycles. The molecule has 2 amide bonds. The van der Waals surface area contributed by atoms with Gasteiger partial charge in [0.1, 0.15) is 5.82 Å². The number of carbonyl (C=O) groups excluding carboxylic acids is 1. The van der Waals surface area contributed by atoms with Crippen LogP contribution in [-0.2, 0) is 0 Å². The first-order chi connectivity index (χ1) is 7.74. The zero-order valence-electron chi connectivity index (χ0n) is 7.98. The van der Waals surface area contributed by atoms with Crippen LogP contribution in [0.4, 0.5) is 16.5 Å². The molecule has 2 rings (SSSR count). The largest absolute Gasteiger partial charge is 0.338 e. The van der Waals surface area contributed by atoms with Gasteiger partial charge < -0.3 is 4.52 Å². The van der Waals surface area contributed by atoms with Crippen LogP contribution in [0.25, 0.3) is 0 Å². The second kappa shape index (κ2) is 4.75. The van der Waals surface area contributed by atoms with E-state index in [1.165, 1.54) is 12.3 Å². The van der Waals surface area contributed by atoms with Crippen molar-refractivity contribution in [2.24, 2.45) is 0 Å². The summed E-state index contributed by atoms with van der Waals surface area (Å²) in [4.78, 5) is 15.4. The summed E-state index contributed by atoms with van der Waals surface area (Å²) >= 11 is 3.27. The Hall–Kier alpha value is -1.89. The van der Waals surface area contributed by atoms with Crippen molar-refractivity contribution in [1.29, 1.82) is 0 Å². The Balaban J connectivity index is 1.97. The van der Waals surface area contributed by atoms with E-state index in [4.69, 9.17) is 4.52 Å². The fraction of sp³-hybridized carbons (Fsp3) is 0. The van der Waals surface area contributed by atoms with E-state index in [-0.39, 0.29) is 5.88 Å². The van der Waals surface area contributed by atoms with Crippen LogP contribution in [0, 0.1) is 0 Å². The number of hydrogen-bond acceptors (Lipinski definition) is 4. The maximum absolute atomic E-state index is 11.4. The monoisotopic (exact) mass is 282 g/mol. The molecule has 2 aromatic rings. The van der Waals surface area contributed by atoms with Crippen molar-refractivity contribution in [1.82, 2.24) is 10.1 Å². The fourth-order valence-corrected chi connectivity index (χ4v) is 1.35. The molecule has 6 nitrogen and oxygen atoms in total. The van der Waals surface area contributed by atoms with Gasteiger partial charge in [-0.05, 0) is 12.1 Å². The summed E-state index contributed by atoms with van der Waals surface area (Å²) in [5.41, 5.74) is 0. The summed E-state index contributed by atoms with van der Waals surface area (Å²) in [6, 6.07) is 4.54. The number of nitrogens with zero attached hydrogens (tertiary/aromatic N) is 2. The molecule has 0 aliphatic heterocycles. The van der Waals surface area contributed by atoms with Gasteiger partial charge >= 0.3 is 6.03 Å². The molecule has 0 bridgehead atoms. The molecule has 2 aromatic heterocycles. The Bertz CT molecular complexity index is 486. The van der Waals surface area contributed by atoms with E-state index < -0.39 is 6.03 Å². The number of rotatable bonds is 2. The first-order valence-corrected chi connectivity index (χ1v) is 5.13. The summed E-state index contributed by atoms with van der Waals surface area (Å²) < 4.78 is 5.54. The second-order valence-electron chi connectivity index (χ2n) is 2.82. The molecule has 0 aliphatic carbocycles. The number of nitrogens with one attached hydrogen (secondary N) is 2. The topological polar surface area (TPSA) is 80.0 Å². The summed E-state index contributed by atoms with van der Waals surface area (Å²) in [6.07, 6.45) is 3.01. The van der Waals surface area contributed by atoms with Crippen LogP contribution in [0.1, 0.15) is 0 Å². The molecule has 0 aliphatic rings. The lowest BCUT2D eigenvalue weighted by Crippen LogP contribution is -2.19. The highest BCUT2D eigenvalue weighted by molar-refractivity contribution is 9.10. The van der Waals surface area contributed by atoms with Crippen molar-refractivity contribution >= 4 is 33.7 Å². The van der Waals surface area contributed by atoms with E-state index in [2.05, 4.69) is 36.7 Å². The second-order valence-corrected chi connectivity index (χ2v) is 3.73. The predicted octanol–water partition coefficient (Wildman–Crippen LogP) is 2.48. The summed E-state index contributed by atoms with van der Waals surface area (Å²) in [6.45, 7) is 0. The summed E-state index contributed by atoms with van der Waals surface area (Å²) in [7, 11) is 0. The van der Waals surface area contributed by atoms with E-state index in [0.29, 0.717) is 5.82 Å². The van der Waals surface area contributed by atoms with Gasteiger partial charge in [0.25, 0.3) is 0 Å². The van der Waals surface area contributed by atoms with Crippen molar-refractivity contribution in [3.8, 4) is 0 Å². The van der Waals surface area contributed by atoms with Crippen LogP contribution >= 0.6 is 15.9 Å². The van der Waals surface area contributed by atoms with Crippen molar-refractivity contribution in [2.75, 3.05) is 10.6 Å². The van der Waals surface area contributed by atoms with Gasteiger partial charge in [-0.25, -0.2) is 9.78 Å². The first kappa shape index (κ1) is 10.6. The van der Waals surface area contributed by atoms with E-state index in [1.54, 1.807) is 18.3 Å². The lowest BCUT2D eigenvalue weighted by molar-refractivity contribution is 0.261. The minimum Gasteiger partial charge on any atom is -0.338 e. The Morgan fingerprint density at radius 2 is 2.19 bits per heavy atom. The zero-order chi connectivity index (χ0) is 11.4. The minimum absolute atomic E-state index is 0.271. The van der Waals surface area contributed by atoms with Gasteiger partial charge in [0.2, 0.25) is 5.88 Å². The number of anilines is 2. The van der Waals surface area contributed by atoms with Crippen LogP contribution in [0.3, 0.4) is 0 Å². The summed E-state index contributed by atoms with van der Waals surface area (Å²) in [5.74, 6) is 0.707. The third-order valence-corrected chi connectivity index (χ3v) is 2.13. The smallest absolute Gasteiger partial charge is 0.327 e. The lowest BCUT2D eigenvalue weighted by atomic mass is 10.5. The lowest BCUT2D eigenvalue weighted by Gasteiger charge is -2.03. The molecule has 2 N–H and O–H groups in total. The van der Waals surface area contributed by atoms with Crippen molar-refractivity contribution < 1.29 is 9.32 Å². The number of urea groups is 1. The van der Waals surface area contributed by atoms with Crippen molar-refractivity contribution in [3.63, 3.8) is 0 Å². The molecule has 0 aromatic carbocycles. The maximum atomic E-state index is 11.4. The zero-order valence-corrected chi connectivity index (χ0v) is 9.56. The first-order valence-electron chi connectivity index (χ1n) is 4.34. The average molecular weight is 283 g/mol. The number of halogens is 1. The normalized spacial score (nSPS) is 9.81. The highest BCUT2D eigenvalue weighted by atomic mass is 79.9. The van der Waals surface area contributed by atoms with Gasteiger partial charge in [0.15, 0.2) is 0 Å². The number of aromatic nitrogens is 2. The molecule has 0 spiro atoms. The number of carbonyl (C=O) groups is 1. The predicted molar refractivity (Wildman–Crippen MR) is 61.1 cm³/mol. The minimum atomic E-state index is -0.442. The van der Waals surface area contributed by atoms with E-state index in [0.717, 1.165) is 4.47 Å². The molecule has 82 valence electrons. The summed E-state index contributed by atoms with van der Waals surface area (Å²) in [5, 5.41) is 8.45. The van der Waals surface area contributed by atoms with Crippen LogP contribution in [0.2, 0.25) is 0 Å². The standard InChI is InChI=1S/C9H7BrN4O2/c10-6-1-3-11-7(5-6)13-9(15)14-8-2-4-12-16-8/h1-5H,(H2,11,13,14,15). The van der Waals surface area contributed by atoms with Crippen LogP contribution in [0.5, 0.6) is 0 Å². The van der Waals surface area contributed by atoms with Gasteiger partial charge in [-0.15, -0.1) is 0 Å². The highest BCUT2D eigenvalue weighted by Gasteiger charge is 2.05. The fourth-order valence-electron chi connectivity index (χ4n) is 1.01. The maximum Gasteiger partial charge on any atom is 0.327 e. The van der Waals surface area contributed by atoms with E-state index in [9.17, 15) is 4.79 Å². The molecule has 2 heterocycles.